The van der Waals surface area contributed by atoms with Gasteiger partial charge in [0, 0.05) is 22.7 Å². The second-order valence-corrected chi connectivity index (χ2v) is 9.37. The molecule has 2 N–H and O–H groups in total. The summed E-state index contributed by atoms with van der Waals surface area (Å²) >= 11 is 2.98. The Morgan fingerprint density at radius 1 is 1.23 bits per heavy atom. The van der Waals surface area contributed by atoms with Gasteiger partial charge in [-0.15, -0.1) is 11.3 Å². The molecule has 1 aliphatic carbocycles. The molecule has 31 heavy (non-hydrogen) atoms. The number of aromatic nitrogens is 2. The zero-order chi connectivity index (χ0) is 21.8. The third-order valence-corrected chi connectivity index (χ3v) is 7.11. The Morgan fingerprint density at radius 2 is 2.00 bits per heavy atom. The van der Waals surface area contributed by atoms with Gasteiger partial charge in [-0.25, -0.2) is 9.78 Å². The zero-order valence-corrected chi connectivity index (χ0v) is 18.8. The lowest BCUT2D eigenvalue weighted by Gasteiger charge is -2.09. The second kappa shape index (κ2) is 9.65. The summed E-state index contributed by atoms with van der Waals surface area (Å²) in [6.07, 6.45) is 4.54. The number of fused-ring (bicyclic) bond motifs is 3. The van der Waals surface area contributed by atoms with Gasteiger partial charge < -0.3 is 15.0 Å². The first kappa shape index (κ1) is 21.6. The van der Waals surface area contributed by atoms with Gasteiger partial charge in [0.1, 0.15) is 4.83 Å². The molecule has 0 saturated heterocycles. The van der Waals surface area contributed by atoms with E-state index in [2.05, 4.69) is 15.3 Å². The minimum atomic E-state index is -0.387. The van der Waals surface area contributed by atoms with Crippen LogP contribution in [0, 0.1) is 0 Å². The molecule has 0 fully saturated rings. The number of aryl methyl sites for hydroxylation is 2. The van der Waals surface area contributed by atoms with Crippen molar-refractivity contribution >= 4 is 50.9 Å². The normalized spacial score (nSPS) is 13.1. The van der Waals surface area contributed by atoms with Gasteiger partial charge in [-0.1, -0.05) is 11.8 Å². The van der Waals surface area contributed by atoms with Gasteiger partial charge in [0.2, 0.25) is 5.91 Å². The molecular formula is C22H23N3O4S2. The fourth-order valence-electron chi connectivity index (χ4n) is 3.58. The number of benzene rings is 1. The van der Waals surface area contributed by atoms with Crippen LogP contribution in [0.3, 0.4) is 0 Å². The van der Waals surface area contributed by atoms with Crippen LogP contribution in [0.4, 0.5) is 5.69 Å². The zero-order valence-electron chi connectivity index (χ0n) is 17.2. The molecule has 0 saturated carbocycles. The lowest BCUT2D eigenvalue weighted by molar-refractivity contribution is -0.115. The van der Waals surface area contributed by atoms with E-state index in [9.17, 15) is 14.4 Å². The molecule has 0 aliphatic heterocycles. The SMILES string of the molecule is CCOC(=O)c1ccc(NC(=O)CCSc2nc3sc4c(c3c(=O)[nH]2)CCCC4)cc1. The number of rotatable bonds is 7. The molecule has 0 bridgehead atoms. The monoisotopic (exact) mass is 457 g/mol. The Hall–Kier alpha value is -2.65. The van der Waals surface area contributed by atoms with Crippen LogP contribution < -0.4 is 10.9 Å². The van der Waals surface area contributed by atoms with Crippen LogP contribution in [0.15, 0.2) is 34.2 Å². The summed E-state index contributed by atoms with van der Waals surface area (Å²) in [4.78, 5) is 46.0. The molecule has 0 spiro atoms. The fraction of sp³-hybridized carbons (Fsp3) is 0.364. The van der Waals surface area contributed by atoms with Crippen molar-refractivity contribution in [2.75, 3.05) is 17.7 Å². The highest BCUT2D eigenvalue weighted by Crippen LogP contribution is 2.34. The average Bonchev–Trinajstić information content (AvgIpc) is 3.13. The lowest BCUT2D eigenvalue weighted by atomic mass is 9.97. The maximum atomic E-state index is 12.6. The van der Waals surface area contributed by atoms with E-state index in [1.54, 1.807) is 42.5 Å². The van der Waals surface area contributed by atoms with E-state index < -0.39 is 0 Å². The number of amides is 1. The summed E-state index contributed by atoms with van der Waals surface area (Å²) in [6, 6.07) is 6.57. The second-order valence-electron chi connectivity index (χ2n) is 7.21. The fourth-order valence-corrected chi connectivity index (χ4v) is 5.70. The van der Waals surface area contributed by atoms with E-state index in [0.29, 0.717) is 28.8 Å². The van der Waals surface area contributed by atoms with Crippen LogP contribution in [0.25, 0.3) is 10.2 Å². The highest BCUT2D eigenvalue weighted by molar-refractivity contribution is 7.99. The number of nitrogens with zero attached hydrogens (tertiary/aromatic N) is 1. The number of hydrogen-bond donors (Lipinski definition) is 2. The van der Waals surface area contributed by atoms with Crippen LogP contribution in [0.1, 0.15) is 47.0 Å². The minimum Gasteiger partial charge on any atom is -0.462 e. The standard InChI is InChI=1S/C22H23N3O4S2/c1-2-29-21(28)13-7-9-14(10-8-13)23-17(26)11-12-30-22-24-19(27)18-15-5-3-4-6-16(15)31-20(18)25-22/h7-10H,2-6,11-12H2,1H3,(H,23,26)(H,24,25,27). The number of esters is 1. The third kappa shape index (κ3) is 4.99. The molecule has 1 aliphatic rings. The summed E-state index contributed by atoms with van der Waals surface area (Å²) in [5, 5.41) is 4.09. The van der Waals surface area contributed by atoms with Crippen molar-refractivity contribution in [2.24, 2.45) is 0 Å². The van der Waals surface area contributed by atoms with Crippen molar-refractivity contribution in [3.63, 3.8) is 0 Å². The third-order valence-electron chi connectivity index (χ3n) is 5.05. The van der Waals surface area contributed by atoms with E-state index in [1.807, 2.05) is 0 Å². The Balaban J connectivity index is 1.33. The first-order valence-corrected chi connectivity index (χ1v) is 12.1. The summed E-state index contributed by atoms with van der Waals surface area (Å²) in [5.74, 6) is -0.0417. The molecule has 1 amide bonds. The maximum absolute atomic E-state index is 12.6. The highest BCUT2D eigenvalue weighted by Gasteiger charge is 2.20. The molecule has 162 valence electrons. The van der Waals surface area contributed by atoms with Gasteiger partial charge in [-0.05, 0) is 62.4 Å². The first-order chi connectivity index (χ1) is 15.0. The number of ether oxygens (including phenoxy) is 1. The van der Waals surface area contributed by atoms with E-state index in [0.717, 1.165) is 29.5 Å². The number of carbonyl (C=O) groups excluding carboxylic acids is 2. The topological polar surface area (TPSA) is 101 Å². The Morgan fingerprint density at radius 3 is 2.77 bits per heavy atom. The van der Waals surface area contributed by atoms with Crippen LogP contribution in [0.5, 0.6) is 0 Å². The van der Waals surface area contributed by atoms with Crippen LogP contribution in [-0.2, 0) is 22.4 Å². The molecule has 0 unspecified atom stereocenters. The molecule has 7 nitrogen and oxygen atoms in total. The van der Waals surface area contributed by atoms with E-state index >= 15 is 0 Å². The van der Waals surface area contributed by atoms with Gasteiger partial charge >= 0.3 is 5.97 Å². The predicted octanol–water partition coefficient (Wildman–Crippen LogP) is 4.16. The maximum Gasteiger partial charge on any atom is 0.338 e. The van der Waals surface area contributed by atoms with Crippen molar-refractivity contribution in [1.82, 2.24) is 9.97 Å². The van der Waals surface area contributed by atoms with E-state index in [-0.39, 0.29) is 23.9 Å². The van der Waals surface area contributed by atoms with Crippen molar-refractivity contribution in [2.45, 2.75) is 44.2 Å². The smallest absolute Gasteiger partial charge is 0.338 e. The largest absolute Gasteiger partial charge is 0.462 e. The van der Waals surface area contributed by atoms with Crippen molar-refractivity contribution in [3.05, 3.63) is 50.6 Å². The van der Waals surface area contributed by atoms with Gasteiger partial charge in [0.15, 0.2) is 5.16 Å². The first-order valence-electron chi connectivity index (χ1n) is 10.3. The van der Waals surface area contributed by atoms with Crippen LogP contribution in [-0.4, -0.2) is 34.2 Å². The van der Waals surface area contributed by atoms with Gasteiger partial charge in [-0.3, -0.25) is 9.59 Å². The highest BCUT2D eigenvalue weighted by atomic mass is 32.2. The molecule has 4 rings (SSSR count). The van der Waals surface area contributed by atoms with Gasteiger partial charge in [-0.2, -0.15) is 0 Å². The molecule has 2 aromatic heterocycles. The summed E-state index contributed by atoms with van der Waals surface area (Å²) in [5.41, 5.74) is 2.14. The summed E-state index contributed by atoms with van der Waals surface area (Å²) in [7, 11) is 0. The summed E-state index contributed by atoms with van der Waals surface area (Å²) in [6.45, 7) is 2.07. The average molecular weight is 458 g/mol. The number of H-pyrrole nitrogens is 1. The Bertz CT molecular complexity index is 1170. The number of thiophene rings is 1. The number of aromatic amines is 1. The molecule has 2 heterocycles. The molecule has 1 aromatic carbocycles. The van der Waals surface area contributed by atoms with Crippen molar-refractivity contribution in [3.8, 4) is 0 Å². The van der Waals surface area contributed by atoms with Crippen molar-refractivity contribution in [1.29, 1.82) is 0 Å². The molecule has 9 heteroatoms. The number of thioether (sulfide) groups is 1. The van der Waals surface area contributed by atoms with Crippen molar-refractivity contribution < 1.29 is 14.3 Å². The molecule has 3 aromatic rings. The lowest BCUT2D eigenvalue weighted by Crippen LogP contribution is -2.13. The predicted molar refractivity (Wildman–Crippen MR) is 123 cm³/mol. The number of hydrogen-bond acceptors (Lipinski definition) is 7. The number of carbonyl (C=O) groups is 2. The van der Waals surface area contributed by atoms with Crippen LogP contribution >= 0.6 is 23.1 Å². The summed E-state index contributed by atoms with van der Waals surface area (Å²) < 4.78 is 4.94. The number of anilines is 1. The number of nitrogens with one attached hydrogen (secondary N) is 2. The Labute approximate surface area is 187 Å². The quantitative estimate of drug-likeness (QED) is 0.314. The minimum absolute atomic E-state index is 0.0851. The molecule has 0 atom stereocenters. The van der Waals surface area contributed by atoms with Crippen LogP contribution in [0.2, 0.25) is 0 Å². The van der Waals surface area contributed by atoms with Gasteiger partial charge in [0.05, 0.1) is 17.6 Å². The molecular weight excluding hydrogens is 434 g/mol. The van der Waals surface area contributed by atoms with Gasteiger partial charge in [0.25, 0.3) is 5.56 Å². The van der Waals surface area contributed by atoms with E-state index in [4.69, 9.17) is 4.74 Å². The van der Waals surface area contributed by atoms with E-state index in [1.165, 1.54) is 28.6 Å². The Kier molecular flexibility index (Phi) is 6.72. The molecule has 0 radical (unpaired) electrons.